The number of benzene rings is 1. The Labute approximate surface area is 255 Å². The van der Waals surface area contributed by atoms with Crippen molar-refractivity contribution >= 4 is 40.1 Å². The Hall–Kier alpha value is -5.05. The molecule has 0 radical (unpaired) electrons. The summed E-state index contributed by atoms with van der Waals surface area (Å²) in [6.45, 7) is 2.48. The third-order valence-corrected chi connectivity index (χ3v) is 7.92. The fraction of sp³-hybridized carbons (Fsp3) is 0.333. The number of amides is 4. The Morgan fingerprint density at radius 2 is 1.93 bits per heavy atom. The number of pyridine rings is 2. The summed E-state index contributed by atoms with van der Waals surface area (Å²) in [6, 6.07) is 8.05. The van der Waals surface area contributed by atoms with Crippen LogP contribution in [0, 0.1) is 0 Å². The van der Waals surface area contributed by atoms with E-state index in [0.29, 0.717) is 30.0 Å². The van der Waals surface area contributed by atoms with Crippen molar-refractivity contribution < 1.29 is 32.3 Å². The molecule has 234 valence electrons. The fourth-order valence-electron chi connectivity index (χ4n) is 5.60. The second kappa shape index (κ2) is 12.1. The van der Waals surface area contributed by atoms with E-state index in [4.69, 9.17) is 9.84 Å². The van der Waals surface area contributed by atoms with E-state index in [1.165, 1.54) is 13.2 Å². The van der Waals surface area contributed by atoms with Crippen molar-refractivity contribution in [2.24, 2.45) is 0 Å². The highest BCUT2D eigenvalue weighted by Crippen LogP contribution is 2.33. The first-order chi connectivity index (χ1) is 21.6. The van der Waals surface area contributed by atoms with Crippen LogP contribution < -0.4 is 20.3 Å². The normalized spacial score (nSPS) is 16.6. The molecule has 6 rings (SSSR count). The van der Waals surface area contributed by atoms with Crippen molar-refractivity contribution in [1.82, 2.24) is 30.0 Å². The number of fused-ring (bicyclic) bond motifs is 1. The summed E-state index contributed by atoms with van der Waals surface area (Å²) in [6.07, 6.45) is 2.40. The SMILES string of the molecule is COc1cc2nn(C3CCN(Cc4ccncc4N4CCC(=O)NC4=O)CC3)cc2cc1NC(=O)c1cccc(C(F)(F)F)n1. The van der Waals surface area contributed by atoms with Gasteiger partial charge in [0.15, 0.2) is 0 Å². The summed E-state index contributed by atoms with van der Waals surface area (Å²) >= 11 is 0. The highest BCUT2D eigenvalue weighted by Gasteiger charge is 2.33. The van der Waals surface area contributed by atoms with E-state index in [2.05, 4.69) is 25.5 Å². The number of alkyl halides is 3. The number of imide groups is 1. The molecule has 2 N–H and O–H groups in total. The minimum absolute atomic E-state index is 0.114. The smallest absolute Gasteiger partial charge is 0.433 e. The van der Waals surface area contributed by atoms with Crippen molar-refractivity contribution in [3.8, 4) is 5.75 Å². The predicted octanol–water partition coefficient (Wildman–Crippen LogP) is 4.39. The number of nitrogens with zero attached hydrogens (tertiary/aromatic N) is 6. The number of carbonyl (C=O) groups is 3. The van der Waals surface area contributed by atoms with Crippen LogP contribution in [0.2, 0.25) is 0 Å². The van der Waals surface area contributed by atoms with E-state index < -0.39 is 23.8 Å². The Kier molecular flexibility index (Phi) is 8.10. The van der Waals surface area contributed by atoms with Gasteiger partial charge in [-0.1, -0.05) is 6.07 Å². The van der Waals surface area contributed by atoms with Crippen LogP contribution >= 0.6 is 0 Å². The summed E-state index contributed by atoms with van der Waals surface area (Å²) in [5.41, 5.74) is 1.02. The molecule has 12 nitrogen and oxygen atoms in total. The number of carbonyl (C=O) groups excluding carboxylic acids is 3. The molecule has 2 saturated heterocycles. The van der Waals surface area contributed by atoms with Crippen molar-refractivity contribution in [1.29, 1.82) is 0 Å². The number of ether oxygens (including phenoxy) is 1. The summed E-state index contributed by atoms with van der Waals surface area (Å²) in [5, 5.41) is 10.4. The third-order valence-electron chi connectivity index (χ3n) is 7.92. The maximum absolute atomic E-state index is 13.1. The lowest BCUT2D eigenvalue weighted by molar-refractivity contribution is -0.141. The molecule has 0 unspecified atom stereocenters. The maximum Gasteiger partial charge on any atom is 0.433 e. The van der Waals surface area contributed by atoms with E-state index in [0.717, 1.165) is 49.0 Å². The molecule has 15 heteroatoms. The van der Waals surface area contributed by atoms with E-state index in [1.54, 1.807) is 29.4 Å². The van der Waals surface area contributed by atoms with Gasteiger partial charge >= 0.3 is 12.2 Å². The first-order valence-electron chi connectivity index (χ1n) is 14.3. The van der Waals surface area contributed by atoms with E-state index in [9.17, 15) is 27.6 Å². The molecule has 0 bridgehead atoms. The molecule has 0 atom stereocenters. The zero-order valence-electron chi connectivity index (χ0n) is 24.2. The number of anilines is 2. The number of halogens is 3. The minimum atomic E-state index is -4.67. The number of rotatable bonds is 7. The summed E-state index contributed by atoms with van der Waals surface area (Å²) in [7, 11) is 1.43. The average molecular weight is 623 g/mol. The number of hydrogen-bond donors (Lipinski definition) is 2. The van der Waals surface area contributed by atoms with Crippen LogP contribution in [0.4, 0.5) is 29.3 Å². The highest BCUT2D eigenvalue weighted by molar-refractivity contribution is 6.06. The van der Waals surface area contributed by atoms with Gasteiger partial charge < -0.3 is 10.1 Å². The minimum Gasteiger partial charge on any atom is -0.494 e. The molecule has 0 saturated carbocycles. The first kappa shape index (κ1) is 30.0. The van der Waals surface area contributed by atoms with Crippen molar-refractivity contribution in [2.45, 2.75) is 38.0 Å². The van der Waals surface area contributed by atoms with Gasteiger partial charge in [-0.3, -0.25) is 34.4 Å². The Morgan fingerprint density at radius 1 is 1.13 bits per heavy atom. The number of urea groups is 1. The number of piperidine rings is 1. The highest BCUT2D eigenvalue weighted by atomic mass is 19.4. The second-order valence-corrected chi connectivity index (χ2v) is 10.8. The lowest BCUT2D eigenvalue weighted by atomic mass is 10.0. The lowest BCUT2D eigenvalue weighted by Crippen LogP contribution is -2.50. The van der Waals surface area contributed by atoms with Gasteiger partial charge in [0.25, 0.3) is 5.91 Å². The van der Waals surface area contributed by atoms with Gasteiger partial charge in [-0.15, -0.1) is 0 Å². The molecule has 1 aromatic carbocycles. The largest absolute Gasteiger partial charge is 0.494 e. The standard InChI is InChI=1S/C30H29F3N8O4/c1-45-25-14-22-19(13-23(25)36-28(43)21-3-2-4-26(35-21)30(31,32)33)17-41(38-22)20-6-10-39(11-7-20)16-18-5-9-34-15-24(18)40-12-8-27(42)37-29(40)44/h2-5,9,13-15,17,20H,6-8,10-12,16H2,1H3,(H,36,43)(H,37,42,44). The van der Waals surface area contributed by atoms with E-state index >= 15 is 0 Å². The van der Waals surface area contributed by atoms with Crippen LogP contribution in [0.25, 0.3) is 10.9 Å². The third kappa shape index (κ3) is 6.43. The number of methoxy groups -OCH3 is 1. The monoisotopic (exact) mass is 622 g/mol. The van der Waals surface area contributed by atoms with Gasteiger partial charge in [0.2, 0.25) is 5.91 Å². The van der Waals surface area contributed by atoms with Gasteiger partial charge in [-0.05, 0) is 42.7 Å². The van der Waals surface area contributed by atoms with E-state index in [-0.39, 0.29) is 29.8 Å². The van der Waals surface area contributed by atoms with Gasteiger partial charge in [0.1, 0.15) is 17.1 Å². The van der Waals surface area contributed by atoms with Crippen LogP contribution in [0.15, 0.2) is 55.0 Å². The van der Waals surface area contributed by atoms with Crippen LogP contribution in [0.3, 0.4) is 0 Å². The topological polar surface area (TPSA) is 135 Å². The maximum atomic E-state index is 13.1. The molecule has 0 aliphatic carbocycles. The zero-order valence-corrected chi connectivity index (χ0v) is 24.2. The zero-order chi connectivity index (χ0) is 31.7. The van der Waals surface area contributed by atoms with Crippen LogP contribution in [-0.4, -0.2) is 69.2 Å². The summed E-state index contributed by atoms with van der Waals surface area (Å²) in [5.74, 6) is -0.782. The van der Waals surface area contributed by atoms with Crippen LogP contribution in [0.1, 0.15) is 47.1 Å². The number of likely N-dealkylation sites (tertiary alicyclic amines) is 1. The van der Waals surface area contributed by atoms with Gasteiger partial charge in [-0.25, -0.2) is 9.78 Å². The molecule has 4 aromatic rings. The second-order valence-electron chi connectivity index (χ2n) is 10.8. The summed E-state index contributed by atoms with van der Waals surface area (Å²) in [4.78, 5) is 48.3. The Bertz CT molecular complexity index is 1770. The average Bonchev–Trinajstić information content (AvgIpc) is 3.44. The number of hydrogen-bond acceptors (Lipinski definition) is 8. The quantitative estimate of drug-likeness (QED) is 0.310. The van der Waals surface area contributed by atoms with Crippen LogP contribution in [-0.2, 0) is 17.5 Å². The molecule has 5 heterocycles. The van der Waals surface area contributed by atoms with Crippen molar-refractivity contribution in [3.05, 3.63) is 71.9 Å². The van der Waals surface area contributed by atoms with Crippen molar-refractivity contribution in [3.63, 3.8) is 0 Å². The molecule has 0 spiro atoms. The molecule has 45 heavy (non-hydrogen) atoms. The number of nitrogens with one attached hydrogen (secondary N) is 2. The number of aromatic nitrogens is 4. The Morgan fingerprint density at radius 3 is 2.67 bits per heavy atom. The molecular weight excluding hydrogens is 593 g/mol. The molecule has 4 amide bonds. The predicted molar refractivity (Wildman–Crippen MR) is 157 cm³/mol. The molecule has 2 fully saturated rings. The Balaban J connectivity index is 1.13. The first-order valence-corrected chi connectivity index (χ1v) is 14.3. The van der Waals surface area contributed by atoms with Gasteiger partial charge in [0, 0.05) is 56.4 Å². The van der Waals surface area contributed by atoms with Gasteiger partial charge in [0.05, 0.1) is 36.2 Å². The van der Waals surface area contributed by atoms with Crippen LogP contribution in [0.5, 0.6) is 5.75 Å². The summed E-state index contributed by atoms with van der Waals surface area (Å²) < 4.78 is 46.6. The lowest BCUT2D eigenvalue weighted by Gasteiger charge is -2.33. The molecule has 2 aliphatic heterocycles. The van der Waals surface area contributed by atoms with Crippen molar-refractivity contribution in [2.75, 3.05) is 37.0 Å². The molecule has 3 aromatic heterocycles. The van der Waals surface area contributed by atoms with Gasteiger partial charge in [-0.2, -0.15) is 18.3 Å². The molecular formula is C30H29F3N8O4. The molecule has 2 aliphatic rings. The fourth-order valence-corrected chi connectivity index (χ4v) is 5.60. The van der Waals surface area contributed by atoms with E-state index in [1.807, 2.05) is 16.9 Å².